The van der Waals surface area contributed by atoms with Crippen LogP contribution >= 0.6 is 0 Å². The Labute approximate surface area is 138 Å². The van der Waals surface area contributed by atoms with Crippen molar-refractivity contribution in [2.45, 2.75) is 44.3 Å². The average molecular weight is 343 g/mol. The molecule has 1 aliphatic heterocycles. The van der Waals surface area contributed by atoms with Crippen molar-refractivity contribution in [2.24, 2.45) is 0 Å². The lowest BCUT2D eigenvalue weighted by Crippen LogP contribution is -2.40. The molecule has 0 aliphatic carbocycles. The van der Waals surface area contributed by atoms with Gasteiger partial charge in [-0.1, -0.05) is 12.5 Å². The highest BCUT2D eigenvalue weighted by Crippen LogP contribution is 2.31. The molecule has 0 bridgehead atoms. The standard InChI is InChI=1S/C16H20F3N3O2/c17-16(18,19)15(12-6-3-4-9-20-12)21-13(23)8-11-22-10-5-1-2-7-14(22)24/h3-4,6,9,15H,1-2,5,7-8,10-11H2,(H,21,23). The van der Waals surface area contributed by atoms with Gasteiger partial charge in [0.15, 0.2) is 6.04 Å². The van der Waals surface area contributed by atoms with Crippen LogP contribution in [-0.4, -0.2) is 41.0 Å². The van der Waals surface area contributed by atoms with Crippen LogP contribution in [0.3, 0.4) is 0 Å². The number of likely N-dealkylation sites (tertiary alicyclic amines) is 1. The number of nitrogens with one attached hydrogen (secondary N) is 1. The molecule has 1 unspecified atom stereocenters. The van der Waals surface area contributed by atoms with Crippen LogP contribution in [-0.2, 0) is 9.59 Å². The van der Waals surface area contributed by atoms with Crippen molar-refractivity contribution in [3.8, 4) is 0 Å². The molecule has 0 spiro atoms. The van der Waals surface area contributed by atoms with E-state index in [0.717, 1.165) is 19.3 Å². The van der Waals surface area contributed by atoms with Gasteiger partial charge in [-0.15, -0.1) is 0 Å². The molecule has 0 aromatic carbocycles. The second-order valence-corrected chi connectivity index (χ2v) is 5.74. The lowest BCUT2D eigenvalue weighted by atomic mass is 10.1. The molecule has 1 atom stereocenters. The van der Waals surface area contributed by atoms with Gasteiger partial charge in [0.2, 0.25) is 11.8 Å². The number of nitrogens with zero attached hydrogens (tertiary/aromatic N) is 2. The number of hydrogen-bond donors (Lipinski definition) is 1. The molecule has 2 amide bonds. The normalized spacial score (nSPS) is 17.3. The third-order valence-corrected chi connectivity index (χ3v) is 3.90. The summed E-state index contributed by atoms with van der Waals surface area (Å²) in [5, 5.41) is 1.98. The van der Waals surface area contributed by atoms with Crippen molar-refractivity contribution >= 4 is 11.8 Å². The average Bonchev–Trinajstić information content (AvgIpc) is 2.75. The minimum absolute atomic E-state index is 0.0441. The van der Waals surface area contributed by atoms with Gasteiger partial charge >= 0.3 is 6.18 Å². The highest BCUT2D eigenvalue weighted by molar-refractivity contribution is 5.79. The second kappa shape index (κ2) is 8.12. The Morgan fingerprint density at radius 2 is 2.08 bits per heavy atom. The summed E-state index contributed by atoms with van der Waals surface area (Å²) in [7, 11) is 0. The molecule has 1 aromatic rings. The minimum atomic E-state index is -4.64. The Balaban J connectivity index is 1.94. The maximum Gasteiger partial charge on any atom is 0.414 e. The minimum Gasteiger partial charge on any atom is -0.342 e. The molecular formula is C16H20F3N3O2. The number of alkyl halides is 3. The van der Waals surface area contributed by atoms with Crippen LogP contribution in [0.1, 0.15) is 43.8 Å². The molecular weight excluding hydrogens is 323 g/mol. The van der Waals surface area contributed by atoms with Crippen molar-refractivity contribution < 1.29 is 22.8 Å². The van der Waals surface area contributed by atoms with Crippen LogP contribution in [0.25, 0.3) is 0 Å². The first-order valence-corrected chi connectivity index (χ1v) is 7.92. The van der Waals surface area contributed by atoms with Gasteiger partial charge in [-0.2, -0.15) is 13.2 Å². The van der Waals surface area contributed by atoms with E-state index in [4.69, 9.17) is 0 Å². The number of aromatic nitrogens is 1. The van der Waals surface area contributed by atoms with Crippen LogP contribution in [0, 0.1) is 0 Å². The molecule has 2 heterocycles. The van der Waals surface area contributed by atoms with Gasteiger partial charge in [0, 0.05) is 32.1 Å². The molecule has 1 saturated heterocycles. The summed E-state index contributed by atoms with van der Waals surface area (Å²) in [6.07, 6.45) is -0.501. The Bertz CT molecular complexity index is 563. The topological polar surface area (TPSA) is 62.3 Å². The van der Waals surface area contributed by atoms with Crippen molar-refractivity contribution in [2.75, 3.05) is 13.1 Å². The second-order valence-electron chi connectivity index (χ2n) is 5.74. The predicted octanol–water partition coefficient (Wildman–Crippen LogP) is 2.59. The summed E-state index contributed by atoms with van der Waals surface area (Å²) >= 11 is 0. The molecule has 2 rings (SSSR count). The van der Waals surface area contributed by atoms with Gasteiger partial charge in [0.05, 0.1) is 5.69 Å². The fourth-order valence-electron chi connectivity index (χ4n) is 2.61. The summed E-state index contributed by atoms with van der Waals surface area (Å²) in [6.45, 7) is 0.687. The maximum atomic E-state index is 13.2. The first-order valence-electron chi connectivity index (χ1n) is 7.92. The van der Waals surface area contributed by atoms with Gasteiger partial charge in [0.1, 0.15) is 0 Å². The van der Waals surface area contributed by atoms with Crippen molar-refractivity contribution in [1.82, 2.24) is 15.2 Å². The van der Waals surface area contributed by atoms with Crippen LogP contribution in [0.15, 0.2) is 24.4 Å². The molecule has 5 nitrogen and oxygen atoms in total. The molecule has 132 valence electrons. The van der Waals surface area contributed by atoms with E-state index in [1.165, 1.54) is 24.4 Å². The molecule has 8 heteroatoms. The van der Waals surface area contributed by atoms with Crippen LogP contribution in [0.2, 0.25) is 0 Å². The zero-order valence-electron chi connectivity index (χ0n) is 13.2. The van der Waals surface area contributed by atoms with Gasteiger partial charge < -0.3 is 10.2 Å². The SMILES string of the molecule is O=C(CCN1CCCCCC1=O)NC(c1ccccn1)C(F)(F)F. The molecule has 24 heavy (non-hydrogen) atoms. The largest absolute Gasteiger partial charge is 0.414 e. The fourth-order valence-corrected chi connectivity index (χ4v) is 2.61. The first-order chi connectivity index (χ1) is 11.4. The number of carbonyl (C=O) groups is 2. The Morgan fingerprint density at radius 1 is 1.29 bits per heavy atom. The van der Waals surface area contributed by atoms with Crippen LogP contribution < -0.4 is 5.32 Å². The quantitative estimate of drug-likeness (QED) is 0.894. The molecule has 1 N–H and O–H groups in total. The summed E-state index contributed by atoms with van der Waals surface area (Å²) in [5.41, 5.74) is -0.260. The summed E-state index contributed by atoms with van der Waals surface area (Å²) < 4.78 is 39.5. The zero-order chi connectivity index (χ0) is 17.6. The van der Waals surface area contributed by atoms with Gasteiger partial charge in [-0.05, 0) is 25.0 Å². The summed E-state index contributed by atoms with van der Waals surface area (Å²) in [5.74, 6) is -0.794. The van der Waals surface area contributed by atoms with E-state index >= 15 is 0 Å². The molecule has 1 fully saturated rings. The summed E-state index contributed by atoms with van der Waals surface area (Å²) in [4.78, 5) is 29.0. The van der Waals surface area contributed by atoms with Crippen molar-refractivity contribution in [3.63, 3.8) is 0 Å². The number of carbonyl (C=O) groups excluding carboxylic acids is 2. The summed E-state index contributed by atoms with van der Waals surface area (Å²) in [6, 6.07) is 2.01. The van der Waals surface area contributed by atoms with E-state index in [1.54, 1.807) is 4.90 Å². The highest BCUT2D eigenvalue weighted by Gasteiger charge is 2.42. The van der Waals surface area contributed by atoms with Gasteiger partial charge in [-0.25, -0.2) is 0 Å². The molecule has 1 aliphatic rings. The Morgan fingerprint density at radius 3 is 2.75 bits per heavy atom. The van der Waals surface area contributed by atoms with E-state index in [-0.39, 0.29) is 24.6 Å². The number of amides is 2. The van der Waals surface area contributed by atoms with Gasteiger partial charge in [0.25, 0.3) is 0 Å². The number of pyridine rings is 1. The van der Waals surface area contributed by atoms with E-state index in [9.17, 15) is 22.8 Å². The molecule has 0 saturated carbocycles. The molecule has 1 aromatic heterocycles. The number of rotatable bonds is 5. The zero-order valence-corrected chi connectivity index (χ0v) is 13.2. The fraction of sp³-hybridized carbons (Fsp3) is 0.562. The lowest BCUT2D eigenvalue weighted by molar-refractivity contribution is -0.164. The number of hydrogen-bond acceptors (Lipinski definition) is 3. The van der Waals surface area contributed by atoms with Gasteiger partial charge in [-0.3, -0.25) is 14.6 Å². The van der Waals surface area contributed by atoms with Crippen molar-refractivity contribution in [1.29, 1.82) is 0 Å². The molecule has 0 radical (unpaired) electrons. The third-order valence-electron chi connectivity index (χ3n) is 3.90. The number of halogens is 3. The predicted molar refractivity (Wildman–Crippen MR) is 80.8 cm³/mol. The smallest absolute Gasteiger partial charge is 0.342 e. The third kappa shape index (κ3) is 5.21. The van der Waals surface area contributed by atoms with Crippen LogP contribution in [0.4, 0.5) is 13.2 Å². The Hall–Kier alpha value is -2.12. The van der Waals surface area contributed by atoms with E-state index in [2.05, 4.69) is 4.98 Å². The lowest BCUT2D eigenvalue weighted by Gasteiger charge is -2.23. The highest BCUT2D eigenvalue weighted by atomic mass is 19.4. The van der Waals surface area contributed by atoms with E-state index < -0.39 is 18.1 Å². The Kier molecular flexibility index (Phi) is 6.16. The van der Waals surface area contributed by atoms with E-state index in [0.29, 0.717) is 13.0 Å². The van der Waals surface area contributed by atoms with E-state index in [1.807, 2.05) is 5.32 Å². The monoisotopic (exact) mass is 343 g/mol. The van der Waals surface area contributed by atoms with Crippen LogP contribution in [0.5, 0.6) is 0 Å². The first kappa shape index (κ1) is 18.2. The maximum absolute atomic E-state index is 13.2. The van der Waals surface area contributed by atoms with Crippen molar-refractivity contribution in [3.05, 3.63) is 30.1 Å².